The summed E-state index contributed by atoms with van der Waals surface area (Å²) in [4.78, 5) is 21.5. The number of rotatable bonds is 5. The number of thiazole rings is 1. The van der Waals surface area contributed by atoms with Crippen molar-refractivity contribution in [2.45, 2.75) is 0 Å². The lowest BCUT2D eigenvalue weighted by atomic mass is 10.2. The van der Waals surface area contributed by atoms with Gasteiger partial charge in [-0.15, -0.1) is 11.3 Å². The molecule has 0 radical (unpaired) electrons. The molecule has 0 atom stereocenters. The first kappa shape index (κ1) is 17.9. The average Bonchev–Trinajstić information content (AvgIpc) is 3.18. The number of benzene rings is 2. The van der Waals surface area contributed by atoms with Crippen LogP contribution in [0.5, 0.6) is 11.5 Å². The highest BCUT2D eigenvalue weighted by Crippen LogP contribution is 2.30. The summed E-state index contributed by atoms with van der Waals surface area (Å²) in [7, 11) is 3.08. The lowest BCUT2D eigenvalue weighted by Gasteiger charge is -2.09. The minimum Gasteiger partial charge on any atom is -0.497 e. The Morgan fingerprint density at radius 2 is 1.75 bits per heavy atom. The molecule has 7 heteroatoms. The standard InChI is InChI=1S/C21H17N3O3S/c1-26-15-9-14(10-16(11-15)27-2)20(25)24-19-8-7-13(12-22-19)21-23-17-5-3-4-6-18(17)28-21/h3-12H,1-2H3,(H,22,24,25). The Hall–Kier alpha value is -3.45. The van der Waals surface area contributed by atoms with Crippen molar-refractivity contribution in [1.82, 2.24) is 9.97 Å². The second-order valence-electron chi connectivity index (χ2n) is 5.97. The molecule has 0 unspecified atom stereocenters. The second kappa shape index (κ2) is 7.66. The molecule has 0 fully saturated rings. The molecular weight excluding hydrogens is 374 g/mol. The van der Waals surface area contributed by atoms with E-state index in [0.29, 0.717) is 22.9 Å². The molecule has 1 N–H and O–H groups in total. The van der Waals surface area contributed by atoms with Gasteiger partial charge in [-0.05, 0) is 36.4 Å². The predicted octanol–water partition coefficient (Wildman–Crippen LogP) is 4.63. The van der Waals surface area contributed by atoms with Crippen LogP contribution in [0.1, 0.15) is 10.4 Å². The number of anilines is 1. The van der Waals surface area contributed by atoms with Gasteiger partial charge in [0.1, 0.15) is 22.3 Å². The molecule has 0 aliphatic rings. The Morgan fingerprint density at radius 3 is 2.39 bits per heavy atom. The molecule has 0 bridgehead atoms. The van der Waals surface area contributed by atoms with Crippen molar-refractivity contribution in [3.8, 4) is 22.1 Å². The zero-order valence-electron chi connectivity index (χ0n) is 15.3. The number of nitrogens with one attached hydrogen (secondary N) is 1. The molecule has 140 valence electrons. The number of pyridine rings is 1. The number of nitrogens with zero attached hydrogens (tertiary/aromatic N) is 2. The smallest absolute Gasteiger partial charge is 0.257 e. The topological polar surface area (TPSA) is 73.3 Å². The van der Waals surface area contributed by atoms with Crippen molar-refractivity contribution < 1.29 is 14.3 Å². The molecule has 2 aromatic carbocycles. The van der Waals surface area contributed by atoms with Gasteiger partial charge < -0.3 is 14.8 Å². The van der Waals surface area contributed by atoms with E-state index in [1.807, 2.05) is 30.3 Å². The van der Waals surface area contributed by atoms with Crippen molar-refractivity contribution in [2.75, 3.05) is 19.5 Å². The van der Waals surface area contributed by atoms with Crippen LogP contribution in [0.3, 0.4) is 0 Å². The summed E-state index contributed by atoms with van der Waals surface area (Å²) in [5, 5.41) is 3.68. The van der Waals surface area contributed by atoms with E-state index in [0.717, 1.165) is 20.8 Å². The van der Waals surface area contributed by atoms with Crippen LogP contribution in [-0.4, -0.2) is 30.1 Å². The van der Waals surface area contributed by atoms with Crippen molar-refractivity contribution in [1.29, 1.82) is 0 Å². The van der Waals surface area contributed by atoms with Gasteiger partial charge in [-0.3, -0.25) is 4.79 Å². The van der Waals surface area contributed by atoms with Crippen LogP contribution in [0.25, 0.3) is 20.8 Å². The number of ether oxygens (including phenoxy) is 2. The second-order valence-corrected chi connectivity index (χ2v) is 7.00. The van der Waals surface area contributed by atoms with E-state index in [1.165, 1.54) is 0 Å². The summed E-state index contributed by atoms with van der Waals surface area (Å²) >= 11 is 1.61. The Labute approximate surface area is 165 Å². The van der Waals surface area contributed by atoms with Gasteiger partial charge in [0.2, 0.25) is 0 Å². The number of amides is 1. The molecular formula is C21H17N3O3S. The maximum absolute atomic E-state index is 12.6. The van der Waals surface area contributed by atoms with Gasteiger partial charge in [-0.2, -0.15) is 0 Å². The summed E-state index contributed by atoms with van der Waals surface area (Å²) in [5.41, 5.74) is 2.29. The van der Waals surface area contributed by atoms with E-state index >= 15 is 0 Å². The molecule has 6 nitrogen and oxygen atoms in total. The van der Waals surface area contributed by atoms with Gasteiger partial charge in [0.15, 0.2) is 0 Å². The van der Waals surface area contributed by atoms with Crippen LogP contribution in [0.2, 0.25) is 0 Å². The van der Waals surface area contributed by atoms with Crippen LogP contribution >= 0.6 is 11.3 Å². The van der Waals surface area contributed by atoms with E-state index in [2.05, 4.69) is 15.3 Å². The van der Waals surface area contributed by atoms with E-state index in [1.54, 1.807) is 56.0 Å². The number of carbonyl (C=O) groups excluding carboxylic acids is 1. The molecule has 1 amide bonds. The number of hydrogen-bond donors (Lipinski definition) is 1. The zero-order valence-corrected chi connectivity index (χ0v) is 16.1. The predicted molar refractivity (Wildman–Crippen MR) is 110 cm³/mol. The first-order valence-electron chi connectivity index (χ1n) is 8.52. The van der Waals surface area contributed by atoms with Gasteiger partial charge in [0.05, 0.1) is 24.4 Å². The highest BCUT2D eigenvalue weighted by atomic mass is 32.1. The summed E-state index contributed by atoms with van der Waals surface area (Å²) in [5.74, 6) is 1.25. The highest BCUT2D eigenvalue weighted by Gasteiger charge is 2.12. The van der Waals surface area contributed by atoms with E-state index in [9.17, 15) is 4.79 Å². The third-order valence-corrected chi connectivity index (χ3v) is 5.25. The SMILES string of the molecule is COc1cc(OC)cc(C(=O)Nc2ccc(-c3nc4ccccc4s3)cn2)c1. The number of hydrogen-bond acceptors (Lipinski definition) is 6. The van der Waals surface area contributed by atoms with Crippen molar-refractivity contribution in [3.05, 3.63) is 66.4 Å². The summed E-state index contributed by atoms with van der Waals surface area (Å²) in [6, 6.07) is 16.7. The molecule has 4 rings (SSSR count). The Kier molecular flexibility index (Phi) is 4.90. The molecule has 0 aliphatic heterocycles. The highest BCUT2D eigenvalue weighted by molar-refractivity contribution is 7.21. The zero-order chi connectivity index (χ0) is 19.5. The molecule has 0 saturated heterocycles. The molecule has 0 saturated carbocycles. The molecule has 28 heavy (non-hydrogen) atoms. The minimum absolute atomic E-state index is 0.294. The molecule has 0 aliphatic carbocycles. The lowest BCUT2D eigenvalue weighted by molar-refractivity contribution is 0.102. The van der Waals surface area contributed by atoms with E-state index in [-0.39, 0.29) is 5.91 Å². The van der Waals surface area contributed by atoms with Gasteiger partial charge in [0, 0.05) is 23.4 Å². The summed E-state index contributed by atoms with van der Waals surface area (Å²) < 4.78 is 11.5. The third-order valence-electron chi connectivity index (χ3n) is 4.16. The number of methoxy groups -OCH3 is 2. The molecule has 2 heterocycles. The minimum atomic E-state index is -0.294. The monoisotopic (exact) mass is 391 g/mol. The largest absolute Gasteiger partial charge is 0.497 e. The number of aromatic nitrogens is 2. The maximum atomic E-state index is 12.6. The molecule has 0 spiro atoms. The van der Waals surface area contributed by atoms with Crippen LogP contribution < -0.4 is 14.8 Å². The quantitative estimate of drug-likeness (QED) is 0.537. The fraction of sp³-hybridized carbons (Fsp3) is 0.0952. The first-order chi connectivity index (χ1) is 13.7. The van der Waals surface area contributed by atoms with Gasteiger partial charge in [0.25, 0.3) is 5.91 Å². The molecule has 2 aromatic heterocycles. The Bertz CT molecular complexity index is 1080. The van der Waals surface area contributed by atoms with Gasteiger partial charge >= 0.3 is 0 Å². The molecule has 4 aromatic rings. The number of fused-ring (bicyclic) bond motifs is 1. The first-order valence-corrected chi connectivity index (χ1v) is 9.34. The number of para-hydroxylation sites is 1. The van der Waals surface area contributed by atoms with Crippen LogP contribution in [0, 0.1) is 0 Å². The van der Waals surface area contributed by atoms with Crippen molar-refractivity contribution in [3.63, 3.8) is 0 Å². The third kappa shape index (κ3) is 3.65. The number of carbonyl (C=O) groups is 1. The fourth-order valence-electron chi connectivity index (χ4n) is 2.72. The van der Waals surface area contributed by atoms with Crippen LogP contribution in [-0.2, 0) is 0 Å². The van der Waals surface area contributed by atoms with Crippen molar-refractivity contribution >= 4 is 33.3 Å². The van der Waals surface area contributed by atoms with Gasteiger partial charge in [-0.25, -0.2) is 9.97 Å². The van der Waals surface area contributed by atoms with Crippen LogP contribution in [0.4, 0.5) is 5.82 Å². The Morgan fingerprint density at radius 1 is 1.00 bits per heavy atom. The van der Waals surface area contributed by atoms with E-state index in [4.69, 9.17) is 9.47 Å². The lowest BCUT2D eigenvalue weighted by Crippen LogP contribution is -2.13. The fourth-order valence-corrected chi connectivity index (χ4v) is 3.67. The van der Waals surface area contributed by atoms with E-state index < -0.39 is 0 Å². The van der Waals surface area contributed by atoms with Gasteiger partial charge in [-0.1, -0.05) is 12.1 Å². The normalized spacial score (nSPS) is 10.6. The maximum Gasteiger partial charge on any atom is 0.257 e. The Balaban J connectivity index is 1.53. The van der Waals surface area contributed by atoms with Crippen LogP contribution in [0.15, 0.2) is 60.8 Å². The summed E-state index contributed by atoms with van der Waals surface area (Å²) in [6.45, 7) is 0. The van der Waals surface area contributed by atoms with Crippen molar-refractivity contribution in [2.24, 2.45) is 0 Å². The average molecular weight is 391 g/mol. The summed E-state index contributed by atoms with van der Waals surface area (Å²) in [6.07, 6.45) is 1.71.